The van der Waals surface area contributed by atoms with E-state index in [0.29, 0.717) is 17.9 Å². The van der Waals surface area contributed by atoms with Gasteiger partial charge in [-0.2, -0.15) is 0 Å². The van der Waals surface area contributed by atoms with E-state index in [9.17, 15) is 4.79 Å². The highest BCUT2D eigenvalue weighted by molar-refractivity contribution is 14.0. The van der Waals surface area contributed by atoms with Crippen molar-refractivity contribution in [2.24, 2.45) is 10.9 Å². The largest absolute Gasteiger partial charge is 0.466 e. The molecule has 5 nitrogen and oxygen atoms in total. The number of carbonyl (C=O) groups excluding carboxylic acids is 1. The van der Waals surface area contributed by atoms with Crippen LogP contribution < -0.4 is 10.6 Å². The fourth-order valence-corrected chi connectivity index (χ4v) is 4.08. The minimum atomic E-state index is -0.0415. The first-order valence-corrected chi connectivity index (χ1v) is 10.4. The first kappa shape index (κ1) is 24.1. The summed E-state index contributed by atoms with van der Waals surface area (Å²) in [6.07, 6.45) is 3.71. The summed E-state index contributed by atoms with van der Waals surface area (Å²) in [6, 6.07) is 10.8. The topological polar surface area (TPSA) is 62.7 Å². The molecular weight excluding hydrogens is 473 g/mol. The van der Waals surface area contributed by atoms with Gasteiger partial charge in [-0.1, -0.05) is 25.1 Å². The predicted molar refractivity (Wildman–Crippen MR) is 124 cm³/mol. The molecule has 1 unspecified atom stereocenters. The minimum absolute atomic E-state index is 0. The first-order chi connectivity index (χ1) is 12.6. The Morgan fingerprint density at radius 3 is 2.52 bits per heavy atom. The molecule has 1 aliphatic carbocycles. The van der Waals surface area contributed by atoms with Crippen LogP contribution in [0.3, 0.4) is 0 Å². The summed E-state index contributed by atoms with van der Waals surface area (Å²) in [5.41, 5.74) is 0. The molecule has 152 valence electrons. The number of carbonyl (C=O) groups is 1. The number of halogens is 1. The number of thioether (sulfide) groups is 1. The lowest BCUT2D eigenvalue weighted by atomic mass is 9.86. The average Bonchev–Trinajstić information content (AvgIpc) is 2.66. The smallest absolute Gasteiger partial charge is 0.308 e. The van der Waals surface area contributed by atoms with E-state index in [-0.39, 0.29) is 35.9 Å². The van der Waals surface area contributed by atoms with Crippen LogP contribution in [-0.2, 0) is 9.53 Å². The molecule has 0 aliphatic heterocycles. The van der Waals surface area contributed by atoms with Gasteiger partial charge in [0.05, 0.1) is 12.5 Å². The molecule has 1 aromatic carbocycles. The Labute approximate surface area is 184 Å². The van der Waals surface area contributed by atoms with E-state index >= 15 is 0 Å². The zero-order chi connectivity index (χ0) is 18.8. The van der Waals surface area contributed by atoms with Crippen molar-refractivity contribution in [3.8, 4) is 0 Å². The highest BCUT2D eigenvalue weighted by Gasteiger charge is 2.27. The van der Waals surface area contributed by atoms with E-state index in [0.717, 1.165) is 38.2 Å². The molecule has 27 heavy (non-hydrogen) atoms. The lowest BCUT2D eigenvalue weighted by Crippen LogP contribution is -2.46. The van der Waals surface area contributed by atoms with Crippen molar-refractivity contribution in [2.75, 3.05) is 20.2 Å². The maximum Gasteiger partial charge on any atom is 0.308 e. The molecule has 1 aliphatic rings. The molecule has 2 rings (SSSR count). The molecule has 2 N–H and O–H groups in total. The van der Waals surface area contributed by atoms with Gasteiger partial charge in [-0.05, 0) is 44.7 Å². The molecule has 0 heterocycles. The number of nitrogens with zero attached hydrogens (tertiary/aromatic N) is 1. The number of benzene rings is 1. The van der Waals surface area contributed by atoms with Gasteiger partial charge in [0.15, 0.2) is 5.96 Å². The second-order valence-electron chi connectivity index (χ2n) is 6.64. The molecule has 1 fully saturated rings. The molecule has 1 aromatic rings. The number of nitrogens with one attached hydrogen (secondary N) is 2. The van der Waals surface area contributed by atoms with Crippen LogP contribution in [0.5, 0.6) is 0 Å². The van der Waals surface area contributed by atoms with Gasteiger partial charge in [0.25, 0.3) is 0 Å². The fraction of sp³-hybridized carbons (Fsp3) is 0.600. The van der Waals surface area contributed by atoms with Gasteiger partial charge in [0, 0.05) is 29.8 Å². The third kappa shape index (κ3) is 8.72. The van der Waals surface area contributed by atoms with Crippen LogP contribution in [0.25, 0.3) is 0 Å². The van der Waals surface area contributed by atoms with Crippen LogP contribution in [0, 0.1) is 5.92 Å². The highest BCUT2D eigenvalue weighted by atomic mass is 127. The lowest BCUT2D eigenvalue weighted by Gasteiger charge is -2.29. The zero-order valence-electron chi connectivity index (χ0n) is 16.4. The van der Waals surface area contributed by atoms with Crippen molar-refractivity contribution < 1.29 is 9.53 Å². The van der Waals surface area contributed by atoms with Gasteiger partial charge < -0.3 is 15.4 Å². The Kier molecular flexibility index (Phi) is 11.8. The predicted octanol–water partition coefficient (Wildman–Crippen LogP) is 4.07. The van der Waals surface area contributed by atoms with Gasteiger partial charge in [-0.25, -0.2) is 0 Å². The Bertz CT molecular complexity index is 578. The van der Waals surface area contributed by atoms with Crippen molar-refractivity contribution in [2.45, 2.75) is 55.7 Å². The van der Waals surface area contributed by atoms with Crippen molar-refractivity contribution in [1.29, 1.82) is 0 Å². The van der Waals surface area contributed by atoms with Crippen molar-refractivity contribution >= 4 is 47.7 Å². The number of esters is 1. The molecule has 0 radical (unpaired) electrons. The molecule has 0 amide bonds. The molecular formula is C20H32IN3O2S. The third-order valence-electron chi connectivity index (χ3n) is 4.55. The summed E-state index contributed by atoms with van der Waals surface area (Å²) in [7, 11) is 1.80. The van der Waals surface area contributed by atoms with Crippen LogP contribution in [-0.4, -0.2) is 43.4 Å². The Hall–Kier alpha value is -0.960. The number of aliphatic imine (C=N–C) groups is 1. The van der Waals surface area contributed by atoms with E-state index in [1.807, 2.05) is 24.8 Å². The van der Waals surface area contributed by atoms with Gasteiger partial charge in [-0.15, -0.1) is 35.7 Å². The quantitative estimate of drug-likeness (QED) is 0.192. The summed E-state index contributed by atoms with van der Waals surface area (Å²) in [5.74, 6) is 0.857. The third-order valence-corrected chi connectivity index (χ3v) is 5.66. The summed E-state index contributed by atoms with van der Waals surface area (Å²) >= 11 is 1.85. The van der Waals surface area contributed by atoms with Crippen LogP contribution in [0.2, 0.25) is 0 Å². The Morgan fingerprint density at radius 1 is 1.26 bits per heavy atom. The van der Waals surface area contributed by atoms with E-state index in [1.54, 1.807) is 7.05 Å². The number of hydrogen-bond acceptors (Lipinski definition) is 4. The fourth-order valence-electron chi connectivity index (χ4n) is 3.13. The summed E-state index contributed by atoms with van der Waals surface area (Å²) in [4.78, 5) is 17.4. The van der Waals surface area contributed by atoms with Crippen molar-refractivity contribution in [3.63, 3.8) is 0 Å². The summed E-state index contributed by atoms with van der Waals surface area (Å²) < 4.78 is 5.13. The summed E-state index contributed by atoms with van der Waals surface area (Å²) in [5, 5.41) is 7.35. The van der Waals surface area contributed by atoms with E-state index in [1.165, 1.54) is 4.90 Å². The molecule has 0 bridgehead atoms. The van der Waals surface area contributed by atoms with E-state index < -0.39 is 0 Å². The standard InChI is InChI=1S/C20H31N3O2S.HI/c1-4-25-19(24)16-10-12-17(13-11-16)23-20(21-3)22-14-15(2)26-18-8-6-5-7-9-18;/h5-9,15-17H,4,10-14H2,1-3H3,(H2,21,22,23);1H. The molecule has 1 saturated carbocycles. The SMILES string of the molecule is CCOC(=O)C1CCC(NC(=NC)NCC(C)Sc2ccccc2)CC1.I. The van der Waals surface area contributed by atoms with Gasteiger partial charge in [0.2, 0.25) is 0 Å². The molecule has 0 saturated heterocycles. The second-order valence-corrected chi connectivity index (χ2v) is 8.15. The average molecular weight is 505 g/mol. The Balaban J connectivity index is 0.00000364. The maximum atomic E-state index is 11.8. The van der Waals surface area contributed by atoms with E-state index in [2.05, 4.69) is 46.8 Å². The van der Waals surface area contributed by atoms with E-state index in [4.69, 9.17) is 4.74 Å². The zero-order valence-corrected chi connectivity index (χ0v) is 19.6. The number of ether oxygens (including phenoxy) is 1. The highest BCUT2D eigenvalue weighted by Crippen LogP contribution is 2.25. The monoisotopic (exact) mass is 505 g/mol. The molecule has 7 heteroatoms. The number of hydrogen-bond donors (Lipinski definition) is 2. The Morgan fingerprint density at radius 2 is 1.93 bits per heavy atom. The minimum Gasteiger partial charge on any atom is -0.466 e. The van der Waals surface area contributed by atoms with Gasteiger partial charge in [0.1, 0.15) is 0 Å². The van der Waals surface area contributed by atoms with Gasteiger partial charge >= 0.3 is 5.97 Å². The van der Waals surface area contributed by atoms with Crippen LogP contribution >= 0.6 is 35.7 Å². The van der Waals surface area contributed by atoms with Crippen LogP contribution in [0.15, 0.2) is 40.2 Å². The molecule has 1 atom stereocenters. The number of rotatable bonds is 7. The van der Waals surface area contributed by atoms with Gasteiger partial charge in [-0.3, -0.25) is 9.79 Å². The summed E-state index contributed by atoms with van der Waals surface area (Å²) in [6.45, 7) is 5.38. The normalized spacial score (nSPS) is 20.9. The maximum absolute atomic E-state index is 11.8. The van der Waals surface area contributed by atoms with Crippen molar-refractivity contribution in [3.05, 3.63) is 30.3 Å². The van der Waals surface area contributed by atoms with Crippen molar-refractivity contribution in [1.82, 2.24) is 10.6 Å². The first-order valence-electron chi connectivity index (χ1n) is 9.47. The molecule has 0 spiro atoms. The second kappa shape index (κ2) is 13.3. The number of guanidine groups is 1. The van der Waals surface area contributed by atoms with Crippen LogP contribution in [0.1, 0.15) is 39.5 Å². The molecule has 0 aromatic heterocycles. The lowest BCUT2D eigenvalue weighted by molar-refractivity contribution is -0.149. The van der Waals surface area contributed by atoms with Crippen LogP contribution in [0.4, 0.5) is 0 Å².